The molecule has 2 rings (SSSR count). The Morgan fingerprint density at radius 2 is 1.69 bits per heavy atom. The summed E-state index contributed by atoms with van der Waals surface area (Å²) >= 11 is 0. The van der Waals surface area contributed by atoms with Crippen molar-refractivity contribution in [3.63, 3.8) is 0 Å². The highest BCUT2D eigenvalue weighted by molar-refractivity contribution is 7.89. The van der Waals surface area contributed by atoms with Crippen LogP contribution in [0.3, 0.4) is 0 Å². The number of sulfonamides is 1. The van der Waals surface area contributed by atoms with Crippen LogP contribution < -0.4 is 10.0 Å². The molecule has 32 heavy (non-hydrogen) atoms. The van der Waals surface area contributed by atoms with Crippen LogP contribution in [0.5, 0.6) is 0 Å². The van der Waals surface area contributed by atoms with Crippen molar-refractivity contribution in [2.75, 3.05) is 6.54 Å². The minimum Gasteiger partial charge on any atom is -0.463 e. The molecule has 2 N–H and O–H groups in total. The molecule has 0 fully saturated rings. The van der Waals surface area contributed by atoms with Gasteiger partial charge >= 0.3 is 12.1 Å². The van der Waals surface area contributed by atoms with Crippen molar-refractivity contribution in [2.45, 2.75) is 43.5 Å². The number of carbonyl (C=O) groups is 2. The summed E-state index contributed by atoms with van der Waals surface area (Å²) in [6.45, 7) is 2.62. The number of ether oxygens (including phenoxy) is 1. The summed E-state index contributed by atoms with van der Waals surface area (Å²) in [7, 11) is -4.38. The van der Waals surface area contributed by atoms with Crippen LogP contribution in [0.15, 0.2) is 59.5 Å². The Balaban J connectivity index is 2.08. The minimum atomic E-state index is -4.71. The van der Waals surface area contributed by atoms with Gasteiger partial charge in [-0.25, -0.2) is 13.1 Å². The van der Waals surface area contributed by atoms with E-state index in [1.807, 2.05) is 4.72 Å². The molecule has 174 valence electrons. The van der Waals surface area contributed by atoms with Gasteiger partial charge in [0, 0.05) is 0 Å². The molecule has 0 bridgehead atoms. The molecule has 2 aromatic rings. The third-order valence-corrected chi connectivity index (χ3v) is 5.57. The van der Waals surface area contributed by atoms with E-state index in [2.05, 4.69) is 5.32 Å². The number of carbonyl (C=O) groups excluding carboxylic acids is 2. The summed E-state index contributed by atoms with van der Waals surface area (Å²) in [5, 5.41) is 2.55. The quantitative estimate of drug-likeness (QED) is 0.546. The van der Waals surface area contributed by atoms with E-state index >= 15 is 0 Å². The second-order valence-electron chi connectivity index (χ2n) is 7.12. The maximum absolute atomic E-state index is 12.8. The average Bonchev–Trinajstić information content (AvgIpc) is 2.71. The number of benzene rings is 2. The fourth-order valence-electron chi connectivity index (χ4n) is 2.74. The summed E-state index contributed by atoms with van der Waals surface area (Å²) < 4.78 is 70.3. The van der Waals surface area contributed by atoms with Crippen LogP contribution in [-0.2, 0) is 30.5 Å². The van der Waals surface area contributed by atoms with Gasteiger partial charge in [0.25, 0.3) is 0 Å². The number of hydrogen-bond donors (Lipinski definition) is 2. The number of alkyl halides is 3. The summed E-state index contributed by atoms with van der Waals surface area (Å²) in [4.78, 5) is 23.8. The Bertz CT molecular complexity index is 1040. The van der Waals surface area contributed by atoms with Gasteiger partial charge in [-0.05, 0) is 37.6 Å². The van der Waals surface area contributed by atoms with E-state index in [4.69, 9.17) is 4.74 Å². The fraction of sp³-hybridized carbons (Fsp3) is 0.333. The van der Waals surface area contributed by atoms with Crippen LogP contribution in [0.4, 0.5) is 13.2 Å². The first-order chi connectivity index (χ1) is 14.9. The first-order valence-corrected chi connectivity index (χ1v) is 11.1. The van der Waals surface area contributed by atoms with Gasteiger partial charge in [-0.2, -0.15) is 13.2 Å². The van der Waals surface area contributed by atoms with E-state index in [1.165, 1.54) is 0 Å². The lowest BCUT2D eigenvalue weighted by Gasteiger charge is -2.19. The Morgan fingerprint density at radius 1 is 1.03 bits per heavy atom. The van der Waals surface area contributed by atoms with Crippen molar-refractivity contribution in [1.82, 2.24) is 10.0 Å². The predicted molar refractivity (Wildman–Crippen MR) is 110 cm³/mol. The number of amides is 1. The van der Waals surface area contributed by atoms with E-state index in [9.17, 15) is 31.2 Å². The molecule has 0 aliphatic carbocycles. The van der Waals surface area contributed by atoms with Gasteiger partial charge in [-0.3, -0.25) is 9.59 Å². The lowest BCUT2D eigenvalue weighted by Crippen LogP contribution is -2.39. The molecule has 0 aromatic heterocycles. The molecular formula is C21H23F3N2O5S. The smallest absolute Gasteiger partial charge is 0.416 e. The molecule has 1 atom stereocenters. The van der Waals surface area contributed by atoms with Crippen molar-refractivity contribution in [3.05, 3.63) is 65.7 Å². The highest BCUT2D eigenvalue weighted by Crippen LogP contribution is 2.30. The summed E-state index contributed by atoms with van der Waals surface area (Å²) in [6.07, 6.45) is -5.25. The monoisotopic (exact) mass is 472 g/mol. The van der Waals surface area contributed by atoms with Crippen molar-refractivity contribution in [3.8, 4) is 0 Å². The van der Waals surface area contributed by atoms with Gasteiger partial charge in [0.2, 0.25) is 15.9 Å². The standard InChI is InChI=1S/C21H23F3N2O5S/c1-14(2)31-20(28)12-18(15-7-4-3-5-8-15)26-19(27)13-25-32(29,30)17-10-6-9-16(11-17)21(22,23)24/h3-11,14,18,25H,12-13H2,1-2H3,(H,26,27). The molecule has 0 heterocycles. The maximum Gasteiger partial charge on any atom is 0.416 e. The van der Waals surface area contributed by atoms with Gasteiger partial charge in [0.15, 0.2) is 0 Å². The number of nitrogens with one attached hydrogen (secondary N) is 2. The second-order valence-corrected chi connectivity index (χ2v) is 8.89. The van der Waals surface area contributed by atoms with Crippen molar-refractivity contribution < 1.29 is 35.9 Å². The van der Waals surface area contributed by atoms with Crippen LogP contribution in [0, 0.1) is 0 Å². The van der Waals surface area contributed by atoms with Crippen molar-refractivity contribution in [2.24, 2.45) is 0 Å². The highest BCUT2D eigenvalue weighted by atomic mass is 32.2. The molecule has 1 unspecified atom stereocenters. The van der Waals surface area contributed by atoms with Crippen LogP contribution in [-0.4, -0.2) is 32.9 Å². The van der Waals surface area contributed by atoms with Crippen LogP contribution in [0.1, 0.15) is 37.4 Å². The molecule has 0 saturated heterocycles. The predicted octanol–water partition coefficient (Wildman–Crippen LogP) is 3.18. The third kappa shape index (κ3) is 7.65. The molecular weight excluding hydrogens is 449 g/mol. The lowest BCUT2D eigenvalue weighted by atomic mass is 10.0. The van der Waals surface area contributed by atoms with Crippen LogP contribution in [0.25, 0.3) is 0 Å². The van der Waals surface area contributed by atoms with E-state index < -0.39 is 51.1 Å². The van der Waals surface area contributed by atoms with Gasteiger partial charge in [-0.1, -0.05) is 36.4 Å². The minimum absolute atomic E-state index is 0.186. The first kappa shape index (κ1) is 25.3. The van der Waals surface area contributed by atoms with Gasteiger partial charge in [0.1, 0.15) is 0 Å². The number of rotatable bonds is 9. The van der Waals surface area contributed by atoms with Gasteiger partial charge < -0.3 is 10.1 Å². The lowest BCUT2D eigenvalue weighted by molar-refractivity contribution is -0.148. The fourth-order valence-corrected chi connectivity index (χ4v) is 3.77. The zero-order chi connectivity index (χ0) is 23.9. The maximum atomic E-state index is 12.8. The van der Waals surface area contributed by atoms with Crippen LogP contribution in [0.2, 0.25) is 0 Å². The van der Waals surface area contributed by atoms with E-state index in [-0.39, 0.29) is 12.5 Å². The average molecular weight is 472 g/mol. The molecule has 0 saturated carbocycles. The normalized spacial score (nSPS) is 12.9. The first-order valence-electron chi connectivity index (χ1n) is 9.59. The SMILES string of the molecule is CC(C)OC(=O)CC(NC(=O)CNS(=O)(=O)c1cccc(C(F)(F)F)c1)c1ccccc1. The Morgan fingerprint density at radius 3 is 2.28 bits per heavy atom. The van der Waals surface area contributed by atoms with E-state index in [0.29, 0.717) is 11.6 Å². The molecule has 1 amide bonds. The number of hydrogen-bond acceptors (Lipinski definition) is 5. The van der Waals surface area contributed by atoms with Crippen molar-refractivity contribution in [1.29, 1.82) is 0 Å². The zero-order valence-corrected chi connectivity index (χ0v) is 18.2. The van der Waals surface area contributed by atoms with Gasteiger partial charge in [-0.15, -0.1) is 0 Å². The molecule has 0 aliphatic heterocycles. The molecule has 0 aliphatic rings. The summed E-state index contributed by atoms with van der Waals surface area (Å²) in [5.41, 5.74) is -0.528. The Labute approximate surface area is 184 Å². The topological polar surface area (TPSA) is 102 Å². The molecule has 0 radical (unpaired) electrons. The Kier molecular flexibility index (Phi) is 8.39. The van der Waals surface area contributed by atoms with E-state index in [0.717, 1.165) is 18.2 Å². The second kappa shape index (κ2) is 10.6. The molecule has 11 heteroatoms. The largest absolute Gasteiger partial charge is 0.463 e. The summed E-state index contributed by atoms with van der Waals surface area (Å²) in [5.74, 6) is -1.33. The molecule has 2 aromatic carbocycles. The van der Waals surface area contributed by atoms with Gasteiger partial charge in [0.05, 0.1) is 35.6 Å². The van der Waals surface area contributed by atoms with E-state index in [1.54, 1.807) is 44.2 Å². The van der Waals surface area contributed by atoms with Crippen molar-refractivity contribution >= 4 is 21.9 Å². The number of halogens is 3. The Hall–Kier alpha value is -2.92. The third-order valence-electron chi connectivity index (χ3n) is 4.17. The summed E-state index contributed by atoms with van der Waals surface area (Å²) in [6, 6.07) is 10.9. The molecule has 0 spiro atoms. The zero-order valence-electron chi connectivity index (χ0n) is 17.3. The van der Waals surface area contributed by atoms with Crippen LogP contribution >= 0.6 is 0 Å². The molecule has 7 nitrogen and oxygen atoms in total. The number of esters is 1. The highest BCUT2D eigenvalue weighted by Gasteiger charge is 2.31.